The van der Waals surface area contributed by atoms with E-state index in [4.69, 9.17) is 0 Å². The first-order chi connectivity index (χ1) is 9.72. The van der Waals surface area contributed by atoms with Gasteiger partial charge in [0.25, 0.3) is 0 Å². The van der Waals surface area contributed by atoms with E-state index in [0.717, 1.165) is 26.5 Å². The third kappa shape index (κ3) is 2.81. The summed E-state index contributed by atoms with van der Waals surface area (Å²) < 4.78 is 1.15. The van der Waals surface area contributed by atoms with Crippen LogP contribution in [0.25, 0.3) is 10.2 Å². The Morgan fingerprint density at radius 1 is 1.20 bits per heavy atom. The fraction of sp³-hybridized carbons (Fsp3) is 0.188. The summed E-state index contributed by atoms with van der Waals surface area (Å²) in [5.74, 6) is 0. The van der Waals surface area contributed by atoms with Gasteiger partial charge in [-0.3, -0.25) is 0 Å². The highest BCUT2D eigenvalue weighted by Gasteiger charge is 2.09. The molecule has 3 nitrogen and oxygen atoms in total. The van der Waals surface area contributed by atoms with E-state index in [1.165, 1.54) is 0 Å². The molecule has 1 heterocycles. The number of thiazole rings is 1. The maximum absolute atomic E-state index is 10.2. The van der Waals surface area contributed by atoms with Crippen LogP contribution in [-0.4, -0.2) is 16.6 Å². The van der Waals surface area contributed by atoms with Crippen LogP contribution in [-0.2, 0) is 0 Å². The van der Waals surface area contributed by atoms with Gasteiger partial charge in [0.05, 0.1) is 16.3 Å². The number of nitrogens with zero attached hydrogens (tertiary/aromatic N) is 1. The molecule has 20 heavy (non-hydrogen) atoms. The number of anilines is 1. The molecule has 3 aromatic rings. The number of aryl methyl sites for hydroxylation is 1. The van der Waals surface area contributed by atoms with Gasteiger partial charge in [-0.05, 0) is 24.6 Å². The lowest BCUT2D eigenvalue weighted by molar-refractivity contribution is 0.191. The normalized spacial score (nSPS) is 12.5. The van der Waals surface area contributed by atoms with Crippen molar-refractivity contribution in [2.75, 3.05) is 11.9 Å². The van der Waals surface area contributed by atoms with Crippen molar-refractivity contribution >= 4 is 26.7 Å². The molecule has 2 aromatic carbocycles. The van der Waals surface area contributed by atoms with Crippen molar-refractivity contribution in [2.45, 2.75) is 13.0 Å². The van der Waals surface area contributed by atoms with Crippen molar-refractivity contribution in [2.24, 2.45) is 0 Å². The van der Waals surface area contributed by atoms with Crippen LogP contribution >= 0.6 is 11.3 Å². The van der Waals surface area contributed by atoms with Crippen molar-refractivity contribution in [3.05, 3.63) is 59.7 Å². The van der Waals surface area contributed by atoms with Gasteiger partial charge in [0.1, 0.15) is 0 Å². The average Bonchev–Trinajstić information content (AvgIpc) is 2.87. The molecule has 0 spiro atoms. The van der Waals surface area contributed by atoms with Crippen LogP contribution in [0.4, 0.5) is 5.13 Å². The summed E-state index contributed by atoms with van der Waals surface area (Å²) in [4.78, 5) is 4.49. The summed E-state index contributed by atoms with van der Waals surface area (Å²) in [5, 5.41) is 14.2. The van der Waals surface area contributed by atoms with Gasteiger partial charge in [-0.2, -0.15) is 0 Å². The lowest BCUT2D eigenvalue weighted by Crippen LogP contribution is -2.12. The van der Waals surface area contributed by atoms with E-state index in [9.17, 15) is 5.11 Å². The van der Waals surface area contributed by atoms with E-state index in [0.29, 0.717) is 6.54 Å². The fourth-order valence-electron chi connectivity index (χ4n) is 2.13. The predicted octanol–water partition coefficient (Wildman–Crippen LogP) is 3.75. The molecule has 0 aliphatic rings. The molecule has 0 saturated heterocycles. The number of hydrogen-bond acceptors (Lipinski definition) is 4. The maximum atomic E-state index is 10.2. The second-order valence-corrected chi connectivity index (χ2v) is 5.83. The minimum absolute atomic E-state index is 0.462. The monoisotopic (exact) mass is 284 g/mol. The van der Waals surface area contributed by atoms with Crippen LogP contribution in [0.1, 0.15) is 17.2 Å². The van der Waals surface area contributed by atoms with Gasteiger partial charge in [0, 0.05) is 6.54 Å². The van der Waals surface area contributed by atoms with Crippen LogP contribution in [0.15, 0.2) is 48.5 Å². The number of fused-ring (bicyclic) bond motifs is 1. The molecule has 102 valence electrons. The average molecular weight is 284 g/mol. The number of aromatic nitrogens is 1. The topological polar surface area (TPSA) is 45.1 Å². The third-order valence-electron chi connectivity index (χ3n) is 3.17. The largest absolute Gasteiger partial charge is 0.387 e. The highest BCUT2D eigenvalue weighted by molar-refractivity contribution is 7.22. The van der Waals surface area contributed by atoms with Crippen LogP contribution < -0.4 is 5.32 Å². The Morgan fingerprint density at radius 2 is 2.05 bits per heavy atom. The molecule has 4 heteroatoms. The number of para-hydroxylation sites is 1. The summed E-state index contributed by atoms with van der Waals surface area (Å²) in [6.07, 6.45) is -0.526. The third-order valence-corrected chi connectivity index (χ3v) is 4.16. The standard InChI is InChI=1S/C16H16N2OS/c1-11-5-4-6-12(9-11)14(19)10-17-16-18-13-7-2-3-8-15(13)20-16/h2-9,14,19H,10H2,1H3,(H,17,18). The Kier molecular flexibility index (Phi) is 3.67. The molecule has 0 aliphatic heterocycles. The van der Waals surface area contributed by atoms with Gasteiger partial charge in [0.15, 0.2) is 5.13 Å². The zero-order valence-corrected chi connectivity index (χ0v) is 12.0. The molecular weight excluding hydrogens is 268 g/mol. The molecule has 0 aliphatic carbocycles. The van der Waals surface area contributed by atoms with Gasteiger partial charge in [-0.25, -0.2) is 4.98 Å². The van der Waals surface area contributed by atoms with Crippen LogP contribution in [0.3, 0.4) is 0 Å². The zero-order valence-electron chi connectivity index (χ0n) is 11.2. The van der Waals surface area contributed by atoms with E-state index in [-0.39, 0.29) is 0 Å². The lowest BCUT2D eigenvalue weighted by atomic mass is 10.1. The van der Waals surface area contributed by atoms with Crippen LogP contribution in [0, 0.1) is 6.92 Å². The Hall–Kier alpha value is -1.91. The number of hydrogen-bond donors (Lipinski definition) is 2. The Labute approximate surface area is 121 Å². The number of nitrogens with one attached hydrogen (secondary N) is 1. The number of aliphatic hydroxyl groups is 1. The molecule has 1 unspecified atom stereocenters. The smallest absolute Gasteiger partial charge is 0.183 e. The number of aliphatic hydroxyl groups excluding tert-OH is 1. The molecule has 1 aromatic heterocycles. The van der Waals surface area contributed by atoms with Crippen molar-refractivity contribution < 1.29 is 5.11 Å². The van der Waals surface area contributed by atoms with E-state index in [1.54, 1.807) is 11.3 Å². The van der Waals surface area contributed by atoms with Crippen molar-refractivity contribution in [1.82, 2.24) is 4.98 Å². The highest BCUT2D eigenvalue weighted by Crippen LogP contribution is 2.26. The first kappa shape index (κ1) is 13.1. The summed E-state index contributed by atoms with van der Waals surface area (Å²) >= 11 is 1.60. The second kappa shape index (κ2) is 5.61. The van der Waals surface area contributed by atoms with Gasteiger partial charge >= 0.3 is 0 Å². The molecule has 0 fully saturated rings. The minimum Gasteiger partial charge on any atom is -0.387 e. The first-order valence-corrected chi connectivity index (χ1v) is 7.38. The summed E-state index contributed by atoms with van der Waals surface area (Å²) in [6, 6.07) is 16.0. The van der Waals surface area contributed by atoms with Crippen LogP contribution in [0.2, 0.25) is 0 Å². The second-order valence-electron chi connectivity index (χ2n) is 4.80. The van der Waals surface area contributed by atoms with Crippen molar-refractivity contribution in [1.29, 1.82) is 0 Å². The van der Waals surface area contributed by atoms with E-state index in [2.05, 4.69) is 16.4 Å². The SMILES string of the molecule is Cc1cccc(C(O)CNc2nc3ccccc3s2)c1. The van der Waals surface area contributed by atoms with E-state index < -0.39 is 6.10 Å². The maximum Gasteiger partial charge on any atom is 0.183 e. The van der Waals surface area contributed by atoms with Crippen LogP contribution in [0.5, 0.6) is 0 Å². The molecule has 1 atom stereocenters. The number of benzene rings is 2. The molecule has 0 bridgehead atoms. The highest BCUT2D eigenvalue weighted by atomic mass is 32.1. The van der Waals surface area contributed by atoms with Gasteiger partial charge in [-0.15, -0.1) is 0 Å². The molecule has 0 radical (unpaired) electrons. The van der Waals surface area contributed by atoms with Crippen molar-refractivity contribution in [3.8, 4) is 0 Å². The summed E-state index contributed by atoms with van der Waals surface area (Å²) in [7, 11) is 0. The first-order valence-electron chi connectivity index (χ1n) is 6.56. The number of rotatable bonds is 4. The predicted molar refractivity (Wildman–Crippen MR) is 84.2 cm³/mol. The Bertz CT molecular complexity index is 690. The van der Waals surface area contributed by atoms with Gasteiger partial charge < -0.3 is 10.4 Å². The van der Waals surface area contributed by atoms with Crippen molar-refractivity contribution in [3.63, 3.8) is 0 Å². The van der Waals surface area contributed by atoms with E-state index >= 15 is 0 Å². The summed E-state index contributed by atoms with van der Waals surface area (Å²) in [6.45, 7) is 2.49. The van der Waals surface area contributed by atoms with E-state index in [1.807, 2.05) is 49.4 Å². The van der Waals surface area contributed by atoms with Gasteiger partial charge in [0.2, 0.25) is 0 Å². The fourth-order valence-corrected chi connectivity index (χ4v) is 3.00. The minimum atomic E-state index is -0.526. The lowest BCUT2D eigenvalue weighted by Gasteiger charge is -2.12. The molecule has 3 rings (SSSR count). The Morgan fingerprint density at radius 3 is 2.85 bits per heavy atom. The Balaban J connectivity index is 1.69. The molecule has 0 saturated carbocycles. The van der Waals surface area contributed by atoms with Gasteiger partial charge in [-0.1, -0.05) is 53.3 Å². The zero-order chi connectivity index (χ0) is 13.9. The molecule has 0 amide bonds. The quantitative estimate of drug-likeness (QED) is 0.767. The molecular formula is C16H16N2OS. The molecule has 2 N–H and O–H groups in total. The summed E-state index contributed by atoms with van der Waals surface area (Å²) in [5.41, 5.74) is 3.07.